The zero-order valence-corrected chi connectivity index (χ0v) is 8.34. The molecule has 1 aromatic rings. The Labute approximate surface area is 84.3 Å². The van der Waals surface area contributed by atoms with Crippen molar-refractivity contribution in [3.63, 3.8) is 0 Å². The number of hydrogen-bond donors (Lipinski definition) is 3. The third-order valence-corrected chi connectivity index (χ3v) is 2.47. The maximum atomic E-state index is 10.4. The van der Waals surface area contributed by atoms with Gasteiger partial charge in [-0.2, -0.15) is 4.99 Å². The molecule has 1 rings (SSSR count). The summed E-state index contributed by atoms with van der Waals surface area (Å²) in [5.74, 6) is -0.978. The van der Waals surface area contributed by atoms with Crippen molar-refractivity contribution < 1.29 is 9.90 Å². The van der Waals surface area contributed by atoms with Gasteiger partial charge in [-0.1, -0.05) is 11.3 Å². The minimum atomic E-state index is -0.895. The summed E-state index contributed by atoms with van der Waals surface area (Å²) in [6, 6.07) is 0. The van der Waals surface area contributed by atoms with Gasteiger partial charge >= 0.3 is 5.97 Å². The molecule has 76 valence electrons. The van der Waals surface area contributed by atoms with E-state index in [1.54, 1.807) is 6.92 Å². The minimum absolute atomic E-state index is 0.0521. The summed E-state index contributed by atoms with van der Waals surface area (Å²) in [7, 11) is 0. The Bertz CT molecular complexity index is 381. The van der Waals surface area contributed by atoms with Crippen molar-refractivity contribution in [2.75, 3.05) is 0 Å². The highest BCUT2D eigenvalue weighted by atomic mass is 32.1. The number of nitrogens with zero attached hydrogens (tertiary/aromatic N) is 2. The van der Waals surface area contributed by atoms with Crippen LogP contribution < -0.4 is 11.5 Å². The molecular formula is C7H10N4O2S. The Morgan fingerprint density at radius 3 is 2.79 bits per heavy atom. The lowest BCUT2D eigenvalue weighted by atomic mass is 10.3. The van der Waals surface area contributed by atoms with Gasteiger partial charge in [0, 0.05) is 4.88 Å². The fourth-order valence-corrected chi connectivity index (χ4v) is 1.82. The van der Waals surface area contributed by atoms with Gasteiger partial charge in [-0.3, -0.25) is 4.79 Å². The van der Waals surface area contributed by atoms with E-state index < -0.39 is 5.97 Å². The predicted octanol–water partition coefficient (Wildman–Crippen LogP) is -0.0165. The van der Waals surface area contributed by atoms with E-state index in [2.05, 4.69) is 9.98 Å². The maximum Gasteiger partial charge on any atom is 0.308 e. The van der Waals surface area contributed by atoms with E-state index in [0.29, 0.717) is 15.7 Å². The second kappa shape index (κ2) is 4.05. The number of carbonyl (C=O) groups is 1. The third kappa shape index (κ3) is 2.70. The smallest absolute Gasteiger partial charge is 0.308 e. The Kier molecular flexibility index (Phi) is 3.03. The van der Waals surface area contributed by atoms with Crippen molar-refractivity contribution in [1.82, 2.24) is 4.98 Å². The molecule has 1 heterocycles. The zero-order valence-electron chi connectivity index (χ0n) is 7.52. The second-order valence-corrected chi connectivity index (χ2v) is 3.67. The summed E-state index contributed by atoms with van der Waals surface area (Å²) < 4.78 is 0. The average molecular weight is 214 g/mol. The molecule has 0 unspecified atom stereocenters. The monoisotopic (exact) mass is 214 g/mol. The predicted molar refractivity (Wildman–Crippen MR) is 53.7 cm³/mol. The molecule has 6 nitrogen and oxygen atoms in total. The molecule has 7 heteroatoms. The lowest BCUT2D eigenvalue weighted by molar-refractivity contribution is -0.136. The van der Waals surface area contributed by atoms with Crippen molar-refractivity contribution in [3.8, 4) is 0 Å². The van der Waals surface area contributed by atoms with E-state index in [4.69, 9.17) is 16.6 Å². The molecule has 1 aromatic heterocycles. The normalized spacial score (nSPS) is 9.79. The van der Waals surface area contributed by atoms with Crippen LogP contribution in [0, 0.1) is 6.92 Å². The number of hydrogen-bond acceptors (Lipinski definition) is 4. The Hall–Kier alpha value is -1.63. The van der Waals surface area contributed by atoms with E-state index >= 15 is 0 Å². The van der Waals surface area contributed by atoms with Gasteiger partial charge in [-0.05, 0) is 6.92 Å². The maximum absolute atomic E-state index is 10.4. The zero-order chi connectivity index (χ0) is 10.7. The SMILES string of the molecule is Cc1nc(N=C(N)N)sc1CC(=O)O. The highest BCUT2D eigenvalue weighted by Crippen LogP contribution is 2.25. The number of carboxylic acid groups (broad SMARTS) is 1. The number of carboxylic acids is 1. The molecule has 5 N–H and O–H groups in total. The molecule has 0 bridgehead atoms. The van der Waals surface area contributed by atoms with Crippen LogP contribution in [0.1, 0.15) is 10.6 Å². The quantitative estimate of drug-likeness (QED) is 0.483. The molecule has 0 saturated heterocycles. The van der Waals surface area contributed by atoms with Gasteiger partial charge < -0.3 is 16.6 Å². The highest BCUT2D eigenvalue weighted by molar-refractivity contribution is 7.15. The highest BCUT2D eigenvalue weighted by Gasteiger charge is 2.10. The van der Waals surface area contributed by atoms with Gasteiger partial charge in [-0.15, -0.1) is 0 Å². The van der Waals surface area contributed by atoms with Crippen LogP contribution in [-0.2, 0) is 11.2 Å². The number of aryl methyl sites for hydroxylation is 1. The van der Waals surface area contributed by atoms with Crippen LogP contribution in [0.2, 0.25) is 0 Å². The Balaban J connectivity index is 2.93. The van der Waals surface area contributed by atoms with Gasteiger partial charge in [0.05, 0.1) is 12.1 Å². The van der Waals surface area contributed by atoms with Crippen LogP contribution in [0.15, 0.2) is 4.99 Å². The number of aromatic nitrogens is 1. The van der Waals surface area contributed by atoms with Crippen LogP contribution >= 0.6 is 11.3 Å². The molecule has 0 atom stereocenters. The van der Waals surface area contributed by atoms with Crippen molar-refractivity contribution in [1.29, 1.82) is 0 Å². The van der Waals surface area contributed by atoms with Gasteiger partial charge in [0.1, 0.15) is 0 Å². The van der Waals surface area contributed by atoms with Crippen LogP contribution in [0.25, 0.3) is 0 Å². The number of nitrogens with two attached hydrogens (primary N) is 2. The van der Waals surface area contributed by atoms with Crippen molar-refractivity contribution in [3.05, 3.63) is 10.6 Å². The van der Waals surface area contributed by atoms with Gasteiger partial charge in [0.25, 0.3) is 0 Å². The fraction of sp³-hybridized carbons (Fsp3) is 0.286. The summed E-state index contributed by atoms with van der Waals surface area (Å²) in [5.41, 5.74) is 11.0. The Morgan fingerprint density at radius 2 is 2.29 bits per heavy atom. The van der Waals surface area contributed by atoms with Crippen LogP contribution in [0.3, 0.4) is 0 Å². The first-order chi connectivity index (χ1) is 6.49. The number of thiazole rings is 1. The van der Waals surface area contributed by atoms with E-state index in [-0.39, 0.29) is 12.4 Å². The van der Waals surface area contributed by atoms with Gasteiger partial charge in [-0.25, -0.2) is 4.98 Å². The number of guanidine groups is 1. The minimum Gasteiger partial charge on any atom is -0.481 e. The number of aliphatic imine (C=N–C) groups is 1. The lowest BCUT2D eigenvalue weighted by Gasteiger charge is -1.89. The molecular weight excluding hydrogens is 204 g/mol. The topological polar surface area (TPSA) is 115 Å². The largest absolute Gasteiger partial charge is 0.481 e. The van der Waals surface area contributed by atoms with E-state index in [1.165, 1.54) is 11.3 Å². The molecule has 0 radical (unpaired) electrons. The third-order valence-electron chi connectivity index (χ3n) is 1.42. The van der Waals surface area contributed by atoms with Crippen molar-refractivity contribution >= 4 is 28.4 Å². The number of rotatable bonds is 3. The van der Waals surface area contributed by atoms with Crippen molar-refractivity contribution in [2.24, 2.45) is 16.5 Å². The average Bonchev–Trinajstić information content (AvgIpc) is 2.28. The second-order valence-electron chi connectivity index (χ2n) is 2.61. The molecule has 0 spiro atoms. The summed E-state index contributed by atoms with van der Waals surface area (Å²) >= 11 is 1.18. The first-order valence-corrected chi connectivity index (χ1v) is 4.58. The summed E-state index contributed by atoms with van der Waals surface area (Å²) in [6.45, 7) is 1.72. The molecule has 0 aliphatic heterocycles. The first kappa shape index (κ1) is 10.5. The molecule has 0 aliphatic rings. The fourth-order valence-electron chi connectivity index (χ4n) is 0.872. The van der Waals surface area contributed by atoms with Crippen LogP contribution in [0.4, 0.5) is 5.13 Å². The van der Waals surface area contributed by atoms with E-state index in [9.17, 15) is 4.79 Å². The first-order valence-electron chi connectivity index (χ1n) is 3.76. The standard InChI is InChI=1S/C7H10N4O2S/c1-3-4(2-5(12)13)14-7(10-3)11-6(8)9/h2H2,1H3,(H,12,13)(H4,8,9,10,11). The molecule has 0 saturated carbocycles. The molecule has 0 amide bonds. The molecule has 0 fully saturated rings. The summed E-state index contributed by atoms with van der Waals surface area (Å²) in [6.07, 6.45) is -0.0521. The molecule has 14 heavy (non-hydrogen) atoms. The molecule has 0 aromatic carbocycles. The molecule has 0 aliphatic carbocycles. The van der Waals surface area contributed by atoms with Gasteiger partial charge in [0.15, 0.2) is 5.96 Å². The van der Waals surface area contributed by atoms with E-state index in [0.717, 1.165) is 0 Å². The van der Waals surface area contributed by atoms with Gasteiger partial charge in [0.2, 0.25) is 5.13 Å². The van der Waals surface area contributed by atoms with Crippen molar-refractivity contribution in [2.45, 2.75) is 13.3 Å². The Morgan fingerprint density at radius 1 is 1.64 bits per heavy atom. The lowest BCUT2D eigenvalue weighted by Crippen LogP contribution is -2.21. The van der Waals surface area contributed by atoms with Crippen LogP contribution in [0.5, 0.6) is 0 Å². The van der Waals surface area contributed by atoms with E-state index in [1.807, 2.05) is 0 Å². The van der Waals surface area contributed by atoms with Crippen LogP contribution in [-0.4, -0.2) is 22.0 Å². The number of aliphatic carboxylic acids is 1. The summed E-state index contributed by atoms with van der Waals surface area (Å²) in [4.78, 5) is 18.9. The summed E-state index contributed by atoms with van der Waals surface area (Å²) in [5, 5.41) is 8.96.